The van der Waals surface area contributed by atoms with Crippen molar-refractivity contribution in [3.8, 4) is 55.6 Å². The molecule has 0 atom stereocenters. The summed E-state index contributed by atoms with van der Waals surface area (Å²) in [6, 6.07) is 92.3. The highest BCUT2D eigenvalue weighted by Crippen LogP contribution is 2.51. The van der Waals surface area contributed by atoms with Gasteiger partial charge in [0.25, 0.3) is 6.71 Å². The van der Waals surface area contributed by atoms with Gasteiger partial charge in [-0.05, 0) is 132 Å². The van der Waals surface area contributed by atoms with E-state index in [2.05, 4.69) is 286 Å². The number of nitrogens with zero attached hydrogens (tertiary/aromatic N) is 2. The van der Waals surface area contributed by atoms with Crippen LogP contribution in [0.5, 0.6) is 0 Å². The van der Waals surface area contributed by atoms with Crippen molar-refractivity contribution >= 4 is 79.2 Å². The number of hydrogen-bond acceptors (Lipinski definition) is 3. The normalized spacial score (nSPS) is 12.6. The van der Waals surface area contributed by atoms with Gasteiger partial charge in [0.1, 0.15) is 11.2 Å². The molecule has 0 fully saturated rings. The molecule has 2 aliphatic heterocycles. The first-order chi connectivity index (χ1) is 37.4. The molecule has 4 heteroatoms. The first-order valence-electron chi connectivity index (χ1n) is 26.8. The van der Waals surface area contributed by atoms with Gasteiger partial charge in [0, 0.05) is 44.6 Å². The van der Waals surface area contributed by atoms with Gasteiger partial charge in [-0.25, -0.2) is 0 Å². The van der Waals surface area contributed by atoms with Crippen molar-refractivity contribution < 1.29 is 4.42 Å². The maximum absolute atomic E-state index is 6.55. The molecule has 0 N–H and O–H groups in total. The van der Waals surface area contributed by atoms with Crippen LogP contribution in [0.25, 0.3) is 77.6 Å². The van der Waals surface area contributed by atoms with Crippen molar-refractivity contribution in [2.75, 3.05) is 9.80 Å². The van der Waals surface area contributed by atoms with Crippen LogP contribution in [0.3, 0.4) is 0 Å². The van der Waals surface area contributed by atoms with Crippen molar-refractivity contribution in [3.63, 3.8) is 0 Å². The molecule has 0 radical (unpaired) electrons. The smallest absolute Gasteiger partial charge is 0.252 e. The summed E-state index contributed by atoms with van der Waals surface area (Å²) in [5.74, 6) is 0.762. The zero-order chi connectivity index (χ0) is 51.0. The number of hydrogen-bond donors (Lipinski definition) is 0. The van der Waals surface area contributed by atoms with Gasteiger partial charge in [-0.2, -0.15) is 0 Å². The Morgan fingerprint density at radius 3 is 1.41 bits per heavy atom. The summed E-state index contributed by atoms with van der Waals surface area (Å²) in [5, 5.41) is 2.25. The largest absolute Gasteiger partial charge is 0.456 e. The fourth-order valence-corrected chi connectivity index (χ4v) is 12.4. The summed E-state index contributed by atoms with van der Waals surface area (Å²) in [7, 11) is 0. The molecule has 1 aromatic heterocycles. The Balaban J connectivity index is 1.12. The Kier molecular flexibility index (Phi) is 11.0. The van der Waals surface area contributed by atoms with Crippen LogP contribution in [0.1, 0.15) is 50.7 Å². The Morgan fingerprint density at radius 2 is 0.829 bits per heavy atom. The van der Waals surface area contributed by atoms with Crippen molar-refractivity contribution in [3.05, 3.63) is 260 Å². The monoisotopic (exact) mass is 974 g/mol. The molecule has 362 valence electrons. The van der Waals surface area contributed by atoms with Crippen LogP contribution in [0, 0.1) is 0 Å². The van der Waals surface area contributed by atoms with Gasteiger partial charge < -0.3 is 14.2 Å². The Morgan fingerprint density at radius 1 is 0.329 bits per heavy atom. The van der Waals surface area contributed by atoms with Crippen molar-refractivity contribution in [1.29, 1.82) is 0 Å². The standard InChI is InChI=1S/C72H55BN2O/c1-46(2)51-35-38-55(60(41-51)47(3)4)52-36-39-65-61(42-52)73-62-43-53(58-30-20-34-70-71(58)59-29-16-19-33-69(59)76-70)37-40-66(62)75(64-32-18-15-28-57(64)50-25-12-7-13-26-50)68-45-54(48-21-8-5-9-22-48)44-67(72(68)73)74(65)63-31-17-14-27-56(63)49-23-10-6-11-24-49/h5-47H,1-4H3. The third-order valence-corrected chi connectivity index (χ3v) is 16.0. The van der Waals surface area contributed by atoms with Gasteiger partial charge in [0.05, 0.1) is 11.4 Å². The lowest BCUT2D eigenvalue weighted by atomic mass is 9.33. The molecule has 14 rings (SSSR count). The van der Waals surface area contributed by atoms with Crippen molar-refractivity contribution in [2.24, 2.45) is 0 Å². The number of rotatable bonds is 9. The average Bonchev–Trinajstić information content (AvgIpc) is 3.88. The van der Waals surface area contributed by atoms with Crippen LogP contribution in [0.15, 0.2) is 253 Å². The molecule has 2 aliphatic rings. The minimum Gasteiger partial charge on any atom is -0.456 e. The van der Waals surface area contributed by atoms with Gasteiger partial charge in [0.15, 0.2) is 0 Å². The minimum absolute atomic E-state index is 0.155. The molecule has 0 saturated carbocycles. The van der Waals surface area contributed by atoms with Crippen LogP contribution in [-0.2, 0) is 0 Å². The van der Waals surface area contributed by atoms with Crippen LogP contribution in [0.2, 0.25) is 0 Å². The number of para-hydroxylation sites is 3. The highest BCUT2D eigenvalue weighted by Gasteiger charge is 2.45. The van der Waals surface area contributed by atoms with E-state index in [1.54, 1.807) is 0 Å². The van der Waals surface area contributed by atoms with Crippen LogP contribution in [-0.4, -0.2) is 6.71 Å². The zero-order valence-electron chi connectivity index (χ0n) is 43.2. The number of anilines is 6. The van der Waals surface area contributed by atoms with Crippen molar-refractivity contribution in [2.45, 2.75) is 39.5 Å². The molecule has 0 bridgehead atoms. The lowest BCUT2D eigenvalue weighted by molar-refractivity contribution is 0.669. The van der Waals surface area contributed by atoms with Crippen LogP contribution < -0.4 is 26.2 Å². The minimum atomic E-state index is -0.155. The Hall–Kier alpha value is -9.12. The zero-order valence-corrected chi connectivity index (χ0v) is 43.2. The fraction of sp³-hybridized carbons (Fsp3) is 0.0833. The van der Waals surface area contributed by atoms with E-state index in [-0.39, 0.29) is 6.71 Å². The van der Waals surface area contributed by atoms with E-state index in [1.165, 1.54) is 72.1 Å². The molecule has 0 aliphatic carbocycles. The van der Waals surface area contributed by atoms with E-state index in [9.17, 15) is 0 Å². The van der Waals surface area contributed by atoms with Crippen LogP contribution >= 0.6 is 0 Å². The maximum Gasteiger partial charge on any atom is 0.252 e. The average molecular weight is 975 g/mol. The number of furan rings is 1. The molecule has 3 nitrogen and oxygen atoms in total. The van der Waals surface area contributed by atoms with E-state index in [1.807, 2.05) is 0 Å². The highest BCUT2D eigenvalue weighted by atomic mass is 16.3. The molecule has 0 saturated heterocycles. The lowest BCUT2D eigenvalue weighted by Crippen LogP contribution is -2.61. The summed E-state index contributed by atoms with van der Waals surface area (Å²) >= 11 is 0. The fourth-order valence-electron chi connectivity index (χ4n) is 12.4. The molecule has 76 heavy (non-hydrogen) atoms. The lowest BCUT2D eigenvalue weighted by Gasteiger charge is -2.45. The second kappa shape index (κ2) is 18.4. The quantitative estimate of drug-likeness (QED) is 0.134. The molecular formula is C72H55BN2O. The second-order valence-corrected chi connectivity index (χ2v) is 21.1. The second-order valence-electron chi connectivity index (χ2n) is 21.1. The third-order valence-electron chi connectivity index (χ3n) is 16.0. The first kappa shape index (κ1) is 45.5. The van der Waals surface area contributed by atoms with Gasteiger partial charge >= 0.3 is 0 Å². The summed E-state index contributed by atoms with van der Waals surface area (Å²) in [6.45, 7) is 9.10. The third kappa shape index (κ3) is 7.42. The van der Waals surface area contributed by atoms with E-state index >= 15 is 0 Å². The Labute approximate surface area is 446 Å². The predicted octanol–water partition coefficient (Wildman–Crippen LogP) is 18.3. The number of benzene rings is 11. The van der Waals surface area contributed by atoms with Gasteiger partial charge in [-0.1, -0.05) is 228 Å². The van der Waals surface area contributed by atoms with E-state index < -0.39 is 0 Å². The molecular weight excluding hydrogens is 920 g/mol. The van der Waals surface area contributed by atoms with Crippen molar-refractivity contribution in [1.82, 2.24) is 0 Å². The SMILES string of the molecule is CC(C)c1ccc(-c2ccc3c(c2)B2c4cc(-c5cccc6oc7ccccc7c56)ccc4N(c4ccccc4-c4ccccc4)c4cc(-c5ccccc5)cc(c42)N3c2ccccc2-c2ccccc2)c(C(C)C)c1. The molecule has 0 unspecified atom stereocenters. The topological polar surface area (TPSA) is 19.6 Å². The maximum atomic E-state index is 6.55. The van der Waals surface area contributed by atoms with E-state index in [0.717, 1.165) is 67.1 Å². The summed E-state index contributed by atoms with van der Waals surface area (Å²) in [6.07, 6.45) is 0. The summed E-state index contributed by atoms with van der Waals surface area (Å²) in [4.78, 5) is 5.16. The molecule has 12 aromatic rings. The predicted molar refractivity (Wildman–Crippen MR) is 323 cm³/mol. The van der Waals surface area contributed by atoms with Crippen LogP contribution in [0.4, 0.5) is 34.1 Å². The van der Waals surface area contributed by atoms with Gasteiger partial charge in [-0.15, -0.1) is 0 Å². The molecule has 0 spiro atoms. The highest BCUT2D eigenvalue weighted by molar-refractivity contribution is 7.00. The molecule has 0 amide bonds. The molecule has 3 heterocycles. The number of fused-ring (bicyclic) bond motifs is 7. The summed E-state index contributed by atoms with van der Waals surface area (Å²) in [5.41, 5.74) is 27.0. The summed E-state index contributed by atoms with van der Waals surface area (Å²) < 4.78 is 6.55. The molecule has 11 aromatic carbocycles. The van der Waals surface area contributed by atoms with E-state index in [0.29, 0.717) is 11.8 Å². The van der Waals surface area contributed by atoms with Gasteiger partial charge in [0.2, 0.25) is 0 Å². The Bertz CT molecular complexity index is 4180. The van der Waals surface area contributed by atoms with Gasteiger partial charge in [-0.3, -0.25) is 0 Å². The first-order valence-corrected chi connectivity index (χ1v) is 26.8. The van der Waals surface area contributed by atoms with E-state index in [4.69, 9.17) is 4.42 Å².